The van der Waals surface area contributed by atoms with Crippen molar-refractivity contribution in [2.24, 2.45) is 0 Å². The minimum atomic E-state index is 0.354. The normalized spacial score (nSPS) is 10.2. The molecule has 0 aliphatic carbocycles. The van der Waals surface area contributed by atoms with Gasteiger partial charge in [-0.2, -0.15) is 10.4 Å². The maximum atomic E-state index is 8.68. The number of hydrogen-bond acceptors (Lipinski definition) is 2. The number of halogens is 2. The molecule has 0 amide bonds. The minimum absolute atomic E-state index is 0.354. The van der Waals surface area contributed by atoms with Crippen LogP contribution < -0.4 is 0 Å². The van der Waals surface area contributed by atoms with E-state index in [0.717, 1.165) is 16.9 Å². The highest BCUT2D eigenvalue weighted by molar-refractivity contribution is 6.42. The summed E-state index contributed by atoms with van der Waals surface area (Å²) in [5.41, 5.74) is 2.68. The van der Waals surface area contributed by atoms with Gasteiger partial charge in [-0.15, -0.1) is 0 Å². The molecule has 0 radical (unpaired) electrons. The topological polar surface area (TPSA) is 41.6 Å². The number of benzene rings is 1. The maximum absolute atomic E-state index is 8.68. The van der Waals surface area contributed by atoms with Crippen LogP contribution in [0.1, 0.15) is 11.3 Å². The van der Waals surface area contributed by atoms with Crippen molar-refractivity contribution in [3.05, 3.63) is 45.7 Å². The van der Waals surface area contributed by atoms with Crippen LogP contribution in [0, 0.1) is 18.3 Å². The predicted octanol–water partition coefficient (Wildman–Crippen LogP) is 3.55. The Morgan fingerprint density at radius 3 is 2.76 bits per heavy atom. The third-order valence-corrected chi connectivity index (χ3v) is 3.27. The van der Waals surface area contributed by atoms with E-state index in [0.29, 0.717) is 16.5 Å². The zero-order valence-electron chi connectivity index (χ0n) is 9.11. The number of hydrogen-bond donors (Lipinski definition) is 0. The van der Waals surface area contributed by atoms with Crippen molar-refractivity contribution in [1.29, 1.82) is 5.26 Å². The first-order chi connectivity index (χ1) is 8.13. The quantitative estimate of drug-likeness (QED) is 0.834. The first-order valence-electron chi connectivity index (χ1n) is 4.99. The molecule has 0 N–H and O–H groups in total. The van der Waals surface area contributed by atoms with Crippen LogP contribution in [0.15, 0.2) is 24.4 Å². The van der Waals surface area contributed by atoms with Crippen molar-refractivity contribution in [2.45, 2.75) is 13.3 Å². The van der Waals surface area contributed by atoms with Gasteiger partial charge >= 0.3 is 0 Å². The Hall–Kier alpha value is -1.50. The van der Waals surface area contributed by atoms with E-state index in [1.165, 1.54) is 0 Å². The van der Waals surface area contributed by atoms with Gasteiger partial charge in [0, 0.05) is 11.3 Å². The van der Waals surface area contributed by atoms with Crippen molar-refractivity contribution in [1.82, 2.24) is 9.78 Å². The summed E-state index contributed by atoms with van der Waals surface area (Å²) >= 11 is 11.8. The molecule has 1 aromatic carbocycles. The molecule has 0 aliphatic rings. The van der Waals surface area contributed by atoms with Crippen molar-refractivity contribution in [2.75, 3.05) is 0 Å². The van der Waals surface area contributed by atoms with Crippen LogP contribution in [0.4, 0.5) is 0 Å². The first kappa shape index (κ1) is 12.0. The summed E-state index contributed by atoms with van der Waals surface area (Å²) in [6, 6.07) is 7.42. The molecular weight excluding hydrogens is 257 g/mol. The number of nitriles is 1. The van der Waals surface area contributed by atoms with E-state index in [-0.39, 0.29) is 0 Å². The van der Waals surface area contributed by atoms with Crippen LogP contribution >= 0.6 is 23.2 Å². The lowest BCUT2D eigenvalue weighted by molar-refractivity contribution is 0.845. The molecule has 2 rings (SSSR count). The van der Waals surface area contributed by atoms with E-state index in [4.69, 9.17) is 28.5 Å². The lowest BCUT2D eigenvalue weighted by Gasteiger charge is -2.06. The second-order valence-corrected chi connectivity index (χ2v) is 4.41. The van der Waals surface area contributed by atoms with E-state index in [1.54, 1.807) is 23.0 Å². The largest absolute Gasteiger partial charge is 0.238 e. The monoisotopic (exact) mass is 265 g/mol. The van der Waals surface area contributed by atoms with Crippen molar-refractivity contribution in [3.8, 4) is 11.8 Å². The second kappa shape index (κ2) is 4.79. The highest BCUT2D eigenvalue weighted by atomic mass is 35.5. The van der Waals surface area contributed by atoms with Crippen LogP contribution in [0.5, 0.6) is 0 Å². The summed E-state index contributed by atoms with van der Waals surface area (Å²) in [5.74, 6) is 0. The fraction of sp³-hybridized carbons (Fsp3) is 0.167. The van der Waals surface area contributed by atoms with Crippen LogP contribution in [-0.2, 0) is 6.42 Å². The van der Waals surface area contributed by atoms with Gasteiger partial charge in [0.05, 0.1) is 34.4 Å². The maximum Gasteiger partial charge on any atom is 0.0671 e. The molecule has 17 heavy (non-hydrogen) atoms. The predicted molar refractivity (Wildman–Crippen MR) is 67.6 cm³/mol. The molecule has 0 atom stereocenters. The molecule has 86 valence electrons. The summed E-state index contributed by atoms with van der Waals surface area (Å²) in [6.07, 6.45) is 2.05. The molecule has 2 aromatic rings. The van der Waals surface area contributed by atoms with Gasteiger partial charge in [-0.1, -0.05) is 23.2 Å². The molecule has 0 aliphatic heterocycles. The zero-order chi connectivity index (χ0) is 12.4. The third-order valence-electron chi connectivity index (χ3n) is 2.53. The van der Waals surface area contributed by atoms with Gasteiger partial charge in [-0.05, 0) is 25.1 Å². The van der Waals surface area contributed by atoms with Gasteiger partial charge in [0.15, 0.2) is 0 Å². The Labute approximate surface area is 109 Å². The Kier molecular flexibility index (Phi) is 3.37. The average Bonchev–Trinajstić information content (AvgIpc) is 2.66. The summed E-state index contributed by atoms with van der Waals surface area (Å²) in [5, 5.41) is 13.9. The molecule has 3 nitrogen and oxygen atoms in total. The van der Waals surface area contributed by atoms with Crippen molar-refractivity contribution in [3.63, 3.8) is 0 Å². The van der Waals surface area contributed by atoms with Gasteiger partial charge in [0.1, 0.15) is 0 Å². The van der Waals surface area contributed by atoms with E-state index in [2.05, 4.69) is 11.2 Å². The van der Waals surface area contributed by atoms with Crippen LogP contribution in [0.2, 0.25) is 10.0 Å². The van der Waals surface area contributed by atoms with E-state index in [9.17, 15) is 0 Å². The van der Waals surface area contributed by atoms with E-state index >= 15 is 0 Å². The third kappa shape index (κ3) is 2.28. The van der Waals surface area contributed by atoms with E-state index < -0.39 is 0 Å². The van der Waals surface area contributed by atoms with Crippen molar-refractivity contribution >= 4 is 23.2 Å². The second-order valence-electron chi connectivity index (χ2n) is 3.60. The number of rotatable bonds is 2. The highest BCUT2D eigenvalue weighted by Crippen LogP contribution is 2.25. The van der Waals surface area contributed by atoms with Crippen LogP contribution in [0.3, 0.4) is 0 Å². The van der Waals surface area contributed by atoms with Gasteiger partial charge in [-0.25, -0.2) is 4.68 Å². The summed E-state index contributed by atoms with van der Waals surface area (Å²) in [4.78, 5) is 0. The van der Waals surface area contributed by atoms with E-state index in [1.807, 2.05) is 13.0 Å². The Balaban J connectivity index is 2.47. The van der Waals surface area contributed by atoms with Gasteiger partial charge in [0.25, 0.3) is 0 Å². The molecule has 0 saturated heterocycles. The Bertz CT molecular complexity index is 596. The molecule has 5 heteroatoms. The molecule has 0 spiro atoms. The lowest BCUT2D eigenvalue weighted by Crippen LogP contribution is -1.99. The Morgan fingerprint density at radius 2 is 2.12 bits per heavy atom. The molecule has 0 bridgehead atoms. The summed E-state index contributed by atoms with van der Waals surface area (Å²) < 4.78 is 1.74. The Morgan fingerprint density at radius 1 is 1.35 bits per heavy atom. The lowest BCUT2D eigenvalue weighted by atomic mass is 10.2. The smallest absolute Gasteiger partial charge is 0.0671 e. The first-order valence-corrected chi connectivity index (χ1v) is 5.75. The molecule has 1 aromatic heterocycles. The van der Waals surface area contributed by atoms with Gasteiger partial charge < -0.3 is 0 Å². The van der Waals surface area contributed by atoms with Gasteiger partial charge in [0.2, 0.25) is 0 Å². The zero-order valence-corrected chi connectivity index (χ0v) is 10.6. The molecule has 0 unspecified atom stereocenters. The number of nitrogens with zero attached hydrogens (tertiary/aromatic N) is 3. The SMILES string of the molecule is Cc1c(CC#N)cnn1-c1ccc(Cl)c(Cl)c1. The average molecular weight is 266 g/mol. The minimum Gasteiger partial charge on any atom is -0.238 e. The van der Waals surface area contributed by atoms with Crippen molar-refractivity contribution < 1.29 is 0 Å². The summed E-state index contributed by atoms with van der Waals surface area (Å²) in [6.45, 7) is 1.92. The van der Waals surface area contributed by atoms with Crippen LogP contribution in [-0.4, -0.2) is 9.78 Å². The molecule has 0 saturated carbocycles. The summed E-state index contributed by atoms with van der Waals surface area (Å²) in [7, 11) is 0. The van der Waals surface area contributed by atoms with Gasteiger partial charge in [-0.3, -0.25) is 0 Å². The molecular formula is C12H9Cl2N3. The fourth-order valence-corrected chi connectivity index (χ4v) is 1.87. The highest BCUT2D eigenvalue weighted by Gasteiger charge is 2.08. The molecule has 1 heterocycles. The number of aromatic nitrogens is 2. The van der Waals surface area contributed by atoms with Crippen LogP contribution in [0.25, 0.3) is 5.69 Å². The molecule has 0 fully saturated rings. The fourth-order valence-electron chi connectivity index (χ4n) is 1.58. The standard InChI is InChI=1S/C12H9Cl2N3/c1-8-9(4-5-15)7-16-17(8)10-2-3-11(13)12(14)6-10/h2-3,6-7H,4H2,1H3.